The van der Waals surface area contributed by atoms with Gasteiger partial charge in [0.2, 0.25) is 0 Å². The molecule has 1 aromatic heterocycles. The van der Waals surface area contributed by atoms with Crippen LogP contribution in [0.5, 0.6) is 5.75 Å². The zero-order valence-electron chi connectivity index (χ0n) is 24.2. The molecule has 216 valence electrons. The summed E-state index contributed by atoms with van der Waals surface area (Å²) < 4.78 is 12.3. The van der Waals surface area contributed by atoms with Crippen LogP contribution in [-0.2, 0) is 13.1 Å². The Labute approximate surface area is 247 Å². The van der Waals surface area contributed by atoms with E-state index in [1.807, 2.05) is 48.5 Å². The molecule has 0 unspecified atom stereocenters. The largest absolute Gasteiger partial charge is 0.490 e. The van der Waals surface area contributed by atoms with Gasteiger partial charge in [-0.15, -0.1) is 0 Å². The fourth-order valence-electron chi connectivity index (χ4n) is 5.97. The number of hydrogen-bond acceptors (Lipinski definition) is 6. The molecule has 0 bridgehead atoms. The van der Waals surface area contributed by atoms with E-state index >= 15 is 0 Å². The number of likely N-dealkylation sites (tertiary alicyclic amines) is 2. The van der Waals surface area contributed by atoms with Gasteiger partial charge in [-0.1, -0.05) is 42.0 Å². The molecule has 7 heteroatoms. The van der Waals surface area contributed by atoms with Gasteiger partial charge in [0.15, 0.2) is 5.76 Å². The number of carbonyl (C=O) groups excluding carboxylic acids is 1. The summed E-state index contributed by atoms with van der Waals surface area (Å²) in [6.07, 6.45) is 3.97. The molecule has 3 heterocycles. The monoisotopic (exact) mass is 562 g/mol. The summed E-state index contributed by atoms with van der Waals surface area (Å²) >= 11 is 0. The van der Waals surface area contributed by atoms with E-state index < -0.39 is 0 Å². The molecule has 42 heavy (non-hydrogen) atoms. The molecule has 7 nitrogen and oxygen atoms in total. The lowest BCUT2D eigenvalue weighted by Crippen LogP contribution is -2.44. The second-order valence-electron chi connectivity index (χ2n) is 11.7. The number of carbonyl (C=O) groups is 1. The highest BCUT2D eigenvalue weighted by molar-refractivity contribution is 5.96. The van der Waals surface area contributed by atoms with E-state index in [0.717, 1.165) is 76.1 Å². The van der Waals surface area contributed by atoms with E-state index in [4.69, 9.17) is 14.4 Å². The fraction of sp³-hybridized carbons (Fsp3) is 0.371. The van der Waals surface area contributed by atoms with Crippen LogP contribution in [0, 0.1) is 18.3 Å². The van der Waals surface area contributed by atoms with Crippen molar-refractivity contribution in [2.45, 2.75) is 57.8 Å². The maximum absolute atomic E-state index is 13.0. The van der Waals surface area contributed by atoms with Crippen molar-refractivity contribution >= 4 is 16.9 Å². The van der Waals surface area contributed by atoms with Gasteiger partial charge in [-0.2, -0.15) is 5.26 Å². The van der Waals surface area contributed by atoms with Crippen molar-refractivity contribution in [2.75, 3.05) is 26.2 Å². The Balaban J connectivity index is 0.968. The number of ether oxygens (including phenoxy) is 1. The van der Waals surface area contributed by atoms with Crippen molar-refractivity contribution in [3.63, 3.8) is 0 Å². The van der Waals surface area contributed by atoms with Gasteiger partial charge in [-0.25, -0.2) is 0 Å². The molecule has 0 aliphatic carbocycles. The van der Waals surface area contributed by atoms with Crippen molar-refractivity contribution in [1.82, 2.24) is 15.1 Å². The molecule has 2 aliphatic rings. The first-order chi connectivity index (χ1) is 20.5. The zero-order chi connectivity index (χ0) is 28.9. The van der Waals surface area contributed by atoms with Gasteiger partial charge >= 0.3 is 0 Å². The lowest BCUT2D eigenvalue weighted by molar-refractivity contribution is 0.0883. The summed E-state index contributed by atoms with van der Waals surface area (Å²) in [7, 11) is 0. The third kappa shape index (κ3) is 7.02. The van der Waals surface area contributed by atoms with Crippen molar-refractivity contribution < 1.29 is 13.9 Å². The van der Waals surface area contributed by atoms with E-state index in [0.29, 0.717) is 16.9 Å². The summed E-state index contributed by atoms with van der Waals surface area (Å²) in [4.78, 5) is 17.9. The molecule has 3 aromatic carbocycles. The number of nitriles is 1. The molecular formula is C35H38N4O3. The summed E-state index contributed by atoms with van der Waals surface area (Å²) in [5.41, 5.74) is 5.22. The normalized spacial score (nSPS) is 17.2. The number of fused-ring (bicyclic) bond motifs is 1. The van der Waals surface area contributed by atoms with Gasteiger partial charge < -0.3 is 14.5 Å². The van der Waals surface area contributed by atoms with Crippen LogP contribution < -0.4 is 10.1 Å². The minimum absolute atomic E-state index is 0.124. The van der Waals surface area contributed by atoms with Crippen LogP contribution in [0.1, 0.15) is 58.5 Å². The standard InChI is InChI=1S/C35H38N4O3/c1-25-2-4-27(5-3-25)23-39-18-14-31(15-19-39)41-32-10-11-33-29(20-32)21-34(42-33)35(40)37-30-12-16-38(17-13-30)24-28-8-6-26(22-36)7-9-28/h2-11,20-21,30-31H,12-19,23-24H2,1H3,(H,37,40). The minimum Gasteiger partial charge on any atom is -0.490 e. The molecule has 2 aliphatic heterocycles. The molecule has 1 amide bonds. The Morgan fingerprint density at radius 1 is 0.881 bits per heavy atom. The highest BCUT2D eigenvalue weighted by Crippen LogP contribution is 2.27. The van der Waals surface area contributed by atoms with Gasteiger partial charge in [0.05, 0.1) is 11.6 Å². The van der Waals surface area contributed by atoms with Gasteiger partial charge in [-0.05, 0) is 80.1 Å². The molecule has 0 saturated carbocycles. The quantitative estimate of drug-likeness (QED) is 0.282. The molecule has 4 aromatic rings. The number of hydrogen-bond donors (Lipinski definition) is 1. The molecular weight excluding hydrogens is 524 g/mol. The minimum atomic E-state index is -0.167. The lowest BCUT2D eigenvalue weighted by atomic mass is 10.0. The average Bonchev–Trinajstić information content (AvgIpc) is 3.45. The number of rotatable bonds is 8. The van der Waals surface area contributed by atoms with E-state index in [-0.39, 0.29) is 18.1 Å². The number of piperidine rings is 2. The number of nitrogens with one attached hydrogen (secondary N) is 1. The average molecular weight is 563 g/mol. The van der Waals surface area contributed by atoms with Crippen LogP contribution in [0.2, 0.25) is 0 Å². The third-order valence-corrected chi connectivity index (χ3v) is 8.49. The Bertz CT molecular complexity index is 1540. The molecule has 2 fully saturated rings. The van der Waals surface area contributed by atoms with Crippen molar-refractivity contribution in [3.8, 4) is 11.8 Å². The number of nitrogens with zero attached hydrogens (tertiary/aromatic N) is 3. The Hall–Kier alpha value is -4.12. The summed E-state index contributed by atoms with van der Waals surface area (Å²) in [5.74, 6) is 0.994. The van der Waals surface area contributed by atoms with Crippen LogP contribution in [-0.4, -0.2) is 54.0 Å². The number of amides is 1. The predicted octanol–water partition coefficient (Wildman–Crippen LogP) is 6.05. The third-order valence-electron chi connectivity index (χ3n) is 8.49. The summed E-state index contributed by atoms with van der Waals surface area (Å²) in [5, 5.41) is 13.0. The first kappa shape index (κ1) is 28.0. The van der Waals surface area contributed by atoms with Crippen LogP contribution in [0.25, 0.3) is 11.0 Å². The van der Waals surface area contributed by atoms with Gasteiger partial charge in [-0.3, -0.25) is 14.6 Å². The molecule has 2 saturated heterocycles. The highest BCUT2D eigenvalue weighted by atomic mass is 16.5. The topological polar surface area (TPSA) is 81.7 Å². The number of furan rings is 1. The van der Waals surface area contributed by atoms with E-state index in [1.165, 1.54) is 16.7 Å². The molecule has 0 atom stereocenters. The number of benzene rings is 3. The van der Waals surface area contributed by atoms with Crippen LogP contribution in [0.15, 0.2) is 77.2 Å². The summed E-state index contributed by atoms with van der Waals surface area (Å²) in [6.45, 7) is 7.82. The first-order valence-electron chi connectivity index (χ1n) is 15.0. The van der Waals surface area contributed by atoms with Gasteiger partial charge in [0.1, 0.15) is 17.4 Å². The second kappa shape index (κ2) is 12.8. The van der Waals surface area contributed by atoms with Crippen LogP contribution in [0.3, 0.4) is 0 Å². The SMILES string of the molecule is Cc1ccc(CN2CCC(Oc3ccc4oc(C(=O)NC5CCN(Cc6ccc(C#N)cc6)CC5)cc4c3)CC2)cc1. The smallest absolute Gasteiger partial charge is 0.287 e. The zero-order valence-corrected chi connectivity index (χ0v) is 24.2. The van der Waals surface area contributed by atoms with Crippen molar-refractivity contribution in [2.24, 2.45) is 0 Å². The van der Waals surface area contributed by atoms with Crippen molar-refractivity contribution in [1.29, 1.82) is 5.26 Å². The lowest BCUT2D eigenvalue weighted by Gasteiger charge is -2.32. The highest BCUT2D eigenvalue weighted by Gasteiger charge is 2.24. The van der Waals surface area contributed by atoms with E-state index in [2.05, 4.69) is 52.4 Å². The maximum atomic E-state index is 13.0. The second-order valence-corrected chi connectivity index (χ2v) is 11.7. The Morgan fingerprint density at radius 2 is 1.50 bits per heavy atom. The first-order valence-corrected chi connectivity index (χ1v) is 15.0. The van der Waals surface area contributed by atoms with E-state index in [9.17, 15) is 4.79 Å². The summed E-state index contributed by atoms with van der Waals surface area (Å²) in [6, 6.07) is 26.5. The van der Waals surface area contributed by atoms with E-state index in [1.54, 1.807) is 0 Å². The Kier molecular flexibility index (Phi) is 8.55. The number of aryl methyl sites for hydroxylation is 1. The Morgan fingerprint density at radius 3 is 2.14 bits per heavy atom. The molecule has 1 N–H and O–H groups in total. The predicted molar refractivity (Wildman–Crippen MR) is 163 cm³/mol. The van der Waals surface area contributed by atoms with Gasteiger partial charge in [0.25, 0.3) is 5.91 Å². The van der Waals surface area contributed by atoms with Crippen LogP contribution in [0.4, 0.5) is 0 Å². The van der Waals surface area contributed by atoms with Crippen molar-refractivity contribution in [3.05, 3.63) is 101 Å². The molecule has 0 radical (unpaired) electrons. The van der Waals surface area contributed by atoms with Gasteiger partial charge in [0, 0.05) is 50.7 Å². The van der Waals surface area contributed by atoms with Crippen LogP contribution >= 0.6 is 0 Å². The maximum Gasteiger partial charge on any atom is 0.287 e. The molecule has 0 spiro atoms. The fourth-order valence-corrected chi connectivity index (χ4v) is 5.97. The molecule has 6 rings (SSSR count).